The number of hydrogen-bond acceptors (Lipinski definition) is 6. The van der Waals surface area contributed by atoms with Gasteiger partial charge in [-0.25, -0.2) is 4.39 Å². The fraction of sp³-hybridized carbons (Fsp3) is 0.355. The molecule has 9 heteroatoms. The number of aromatic nitrogens is 1. The maximum atomic E-state index is 15.9. The largest absolute Gasteiger partial charge is 0.451 e. The zero-order chi connectivity index (χ0) is 28.3. The second-order valence-corrected chi connectivity index (χ2v) is 12.0. The number of carbonyl (C=O) groups excluding carboxylic acids is 1. The lowest BCUT2D eigenvalue weighted by atomic mass is 9.93. The van der Waals surface area contributed by atoms with E-state index in [1.165, 1.54) is 6.07 Å². The second kappa shape index (κ2) is 9.60. The minimum absolute atomic E-state index is 0.0459. The number of carbonyl (C=O) groups is 1. The normalized spacial score (nSPS) is 16.5. The molecule has 1 amide bonds. The number of ether oxygens (including phenoxy) is 1. The summed E-state index contributed by atoms with van der Waals surface area (Å²) < 4.78 is 24.1. The van der Waals surface area contributed by atoms with Crippen LogP contribution in [0.15, 0.2) is 53.5 Å². The third-order valence-corrected chi connectivity index (χ3v) is 7.73. The highest BCUT2D eigenvalue weighted by atomic mass is 19.1. The average Bonchev–Trinajstić information content (AvgIpc) is 3.32. The lowest BCUT2D eigenvalue weighted by molar-refractivity contribution is 0.0927. The molecule has 1 aromatic heterocycles. The molecule has 3 aromatic carbocycles. The van der Waals surface area contributed by atoms with E-state index in [1.54, 1.807) is 10.8 Å². The summed E-state index contributed by atoms with van der Waals surface area (Å²) in [6.45, 7) is 6.30. The minimum atomic E-state index is -0.575. The Morgan fingerprint density at radius 3 is 2.60 bits per heavy atom. The van der Waals surface area contributed by atoms with Crippen LogP contribution in [0.2, 0.25) is 0 Å². The van der Waals surface area contributed by atoms with Crippen molar-refractivity contribution in [2.24, 2.45) is 11.1 Å². The molecule has 0 aliphatic carbocycles. The molecule has 1 atom stereocenters. The summed E-state index contributed by atoms with van der Waals surface area (Å²) in [5.41, 5.74) is 6.76. The number of nitrogens with one attached hydrogen (secondary N) is 1. The zero-order valence-electron chi connectivity index (χ0n) is 23.3. The van der Waals surface area contributed by atoms with E-state index in [9.17, 15) is 9.59 Å². The summed E-state index contributed by atoms with van der Waals surface area (Å²) in [6, 6.07) is 12.9. The Morgan fingerprint density at radius 2 is 1.93 bits per heavy atom. The number of amides is 1. The number of hydrogen-bond donors (Lipinski definition) is 2. The number of nitrogens with two attached hydrogens (primary N) is 1. The Bertz CT molecular complexity index is 1730. The molecule has 2 aliphatic rings. The number of pyridine rings is 1. The van der Waals surface area contributed by atoms with E-state index in [0.29, 0.717) is 36.6 Å². The maximum Gasteiger partial charge on any atom is 0.256 e. The fourth-order valence-corrected chi connectivity index (χ4v) is 6.06. The SMILES string of the molecule is CN(C)CC(C)(C)CNC(=O)c1cn2c3c(c(N4CCC(N)C4)c(F)cc3c1=O)Oc1cc3ccccc3cc1-2. The molecule has 3 N–H and O–H groups in total. The molecule has 0 bridgehead atoms. The van der Waals surface area contributed by atoms with Crippen LogP contribution in [0.4, 0.5) is 10.1 Å². The standard InChI is InChI=1S/C31H34FN5O3/c1-31(2,17-35(3)4)16-34-30(39)22-15-37-24-11-18-7-5-6-8-19(18)12-25(24)40-29-26(37)21(28(22)38)13-23(32)27(29)36-10-9-20(33)14-36/h5-8,11-13,15,20H,9-10,14,16-17,33H2,1-4H3,(H,34,39). The Labute approximate surface area is 232 Å². The Hall–Kier alpha value is -3.95. The van der Waals surface area contributed by atoms with Crippen LogP contribution in [0.5, 0.6) is 11.5 Å². The number of anilines is 1. The predicted molar refractivity (Wildman–Crippen MR) is 157 cm³/mol. The number of benzene rings is 3. The van der Waals surface area contributed by atoms with Crippen molar-refractivity contribution in [1.82, 2.24) is 14.8 Å². The van der Waals surface area contributed by atoms with Gasteiger partial charge in [0.15, 0.2) is 17.3 Å². The topological polar surface area (TPSA) is 92.8 Å². The summed E-state index contributed by atoms with van der Waals surface area (Å²) in [6.07, 6.45) is 2.30. The molecule has 1 fully saturated rings. The highest BCUT2D eigenvalue weighted by molar-refractivity contribution is 6.02. The number of nitrogens with zero attached hydrogens (tertiary/aromatic N) is 3. The Kier molecular flexibility index (Phi) is 6.31. The molecule has 2 aliphatic heterocycles. The first kappa shape index (κ1) is 26.3. The fourth-order valence-electron chi connectivity index (χ4n) is 6.06. The van der Waals surface area contributed by atoms with Crippen LogP contribution in [-0.2, 0) is 0 Å². The first-order valence-corrected chi connectivity index (χ1v) is 13.6. The van der Waals surface area contributed by atoms with Gasteiger partial charge in [-0.3, -0.25) is 9.59 Å². The van der Waals surface area contributed by atoms with Gasteiger partial charge in [0.2, 0.25) is 5.43 Å². The van der Waals surface area contributed by atoms with Crippen molar-refractivity contribution in [2.45, 2.75) is 26.3 Å². The molecule has 0 saturated carbocycles. The van der Waals surface area contributed by atoms with E-state index < -0.39 is 17.2 Å². The van der Waals surface area contributed by atoms with Gasteiger partial charge in [0.1, 0.15) is 16.8 Å². The van der Waals surface area contributed by atoms with Gasteiger partial charge in [0, 0.05) is 38.4 Å². The van der Waals surface area contributed by atoms with Crippen LogP contribution in [0.3, 0.4) is 0 Å². The summed E-state index contributed by atoms with van der Waals surface area (Å²) >= 11 is 0. The highest BCUT2D eigenvalue weighted by Gasteiger charge is 2.33. The molecular formula is C31H34FN5O3. The molecule has 4 aromatic rings. The lowest BCUT2D eigenvalue weighted by Gasteiger charge is -2.30. The molecule has 1 saturated heterocycles. The molecule has 0 radical (unpaired) electrons. The Morgan fingerprint density at radius 1 is 1.20 bits per heavy atom. The van der Waals surface area contributed by atoms with E-state index in [2.05, 4.69) is 24.1 Å². The monoisotopic (exact) mass is 543 g/mol. The molecule has 3 heterocycles. The third-order valence-electron chi connectivity index (χ3n) is 7.73. The van der Waals surface area contributed by atoms with Crippen LogP contribution in [0.25, 0.3) is 27.4 Å². The van der Waals surface area contributed by atoms with Gasteiger partial charge >= 0.3 is 0 Å². The van der Waals surface area contributed by atoms with Crippen LogP contribution >= 0.6 is 0 Å². The molecule has 1 unspecified atom stereocenters. The van der Waals surface area contributed by atoms with Gasteiger partial charge in [-0.05, 0) is 54.9 Å². The Balaban J connectivity index is 1.55. The van der Waals surface area contributed by atoms with Crippen molar-refractivity contribution in [3.63, 3.8) is 0 Å². The van der Waals surface area contributed by atoms with Crippen molar-refractivity contribution in [1.29, 1.82) is 0 Å². The number of fused-ring (bicyclic) bond motifs is 3. The van der Waals surface area contributed by atoms with Gasteiger partial charge in [-0.2, -0.15) is 0 Å². The van der Waals surface area contributed by atoms with Crippen molar-refractivity contribution < 1.29 is 13.9 Å². The predicted octanol–water partition coefficient (Wildman–Crippen LogP) is 4.24. The van der Waals surface area contributed by atoms with Crippen LogP contribution in [-0.4, -0.2) is 61.7 Å². The average molecular weight is 544 g/mol. The summed E-state index contributed by atoms with van der Waals surface area (Å²) in [7, 11) is 3.95. The van der Waals surface area contributed by atoms with Gasteiger partial charge in [-0.1, -0.05) is 38.1 Å². The number of halogens is 1. The quantitative estimate of drug-likeness (QED) is 0.333. The maximum absolute atomic E-state index is 15.9. The zero-order valence-corrected chi connectivity index (χ0v) is 23.3. The van der Waals surface area contributed by atoms with Crippen molar-refractivity contribution in [3.8, 4) is 17.2 Å². The summed E-state index contributed by atoms with van der Waals surface area (Å²) in [4.78, 5) is 31.1. The van der Waals surface area contributed by atoms with Crippen molar-refractivity contribution >= 4 is 33.3 Å². The second-order valence-electron chi connectivity index (χ2n) is 12.0. The van der Waals surface area contributed by atoms with Crippen LogP contribution in [0, 0.1) is 11.2 Å². The number of rotatable bonds is 6. The molecular weight excluding hydrogens is 509 g/mol. The van der Waals surface area contributed by atoms with Gasteiger partial charge in [-0.15, -0.1) is 0 Å². The van der Waals surface area contributed by atoms with E-state index in [0.717, 1.165) is 23.7 Å². The first-order valence-electron chi connectivity index (χ1n) is 13.6. The smallest absolute Gasteiger partial charge is 0.256 e. The van der Waals surface area contributed by atoms with E-state index in [4.69, 9.17) is 10.5 Å². The third kappa shape index (κ3) is 4.49. The van der Waals surface area contributed by atoms with Crippen molar-refractivity contribution in [2.75, 3.05) is 45.2 Å². The van der Waals surface area contributed by atoms with Crippen molar-refractivity contribution in [3.05, 3.63) is 70.3 Å². The molecule has 40 heavy (non-hydrogen) atoms. The minimum Gasteiger partial charge on any atom is -0.451 e. The highest BCUT2D eigenvalue weighted by Crippen LogP contribution is 2.48. The van der Waals surface area contributed by atoms with Gasteiger partial charge in [0.05, 0.1) is 11.1 Å². The van der Waals surface area contributed by atoms with E-state index in [-0.39, 0.29) is 33.8 Å². The molecule has 6 rings (SSSR count). The van der Waals surface area contributed by atoms with Gasteiger partial charge in [0.25, 0.3) is 5.91 Å². The van der Waals surface area contributed by atoms with Gasteiger partial charge < -0.3 is 30.2 Å². The summed E-state index contributed by atoms with van der Waals surface area (Å²) in [5.74, 6) is -0.282. The molecule has 208 valence electrons. The van der Waals surface area contributed by atoms with Crippen LogP contribution in [0.1, 0.15) is 30.6 Å². The van der Waals surface area contributed by atoms with E-state index >= 15 is 4.39 Å². The first-order chi connectivity index (χ1) is 19.0. The summed E-state index contributed by atoms with van der Waals surface area (Å²) in [5, 5.41) is 4.97. The molecule has 8 nitrogen and oxygen atoms in total. The lowest BCUT2D eigenvalue weighted by Crippen LogP contribution is -2.41. The van der Waals surface area contributed by atoms with Crippen LogP contribution < -0.4 is 26.1 Å². The van der Waals surface area contributed by atoms with E-state index in [1.807, 2.05) is 55.4 Å². The molecule has 0 spiro atoms.